The van der Waals surface area contributed by atoms with E-state index in [0.717, 1.165) is 19.4 Å². The van der Waals surface area contributed by atoms with Crippen LogP contribution in [0.1, 0.15) is 19.8 Å². The van der Waals surface area contributed by atoms with Crippen LogP contribution in [0.5, 0.6) is 0 Å². The molecule has 1 fully saturated rings. The molecule has 0 aromatic heterocycles. The van der Waals surface area contributed by atoms with E-state index in [4.69, 9.17) is 4.74 Å². The molecule has 7 heteroatoms. The van der Waals surface area contributed by atoms with Crippen LogP contribution in [0.4, 0.5) is 4.79 Å². The Labute approximate surface area is 126 Å². The monoisotopic (exact) mass is 301 g/mol. The van der Waals surface area contributed by atoms with Gasteiger partial charge in [-0.15, -0.1) is 0 Å². The first kappa shape index (κ1) is 17.7. The van der Waals surface area contributed by atoms with E-state index in [1.165, 1.54) is 0 Å². The van der Waals surface area contributed by atoms with E-state index in [-0.39, 0.29) is 18.7 Å². The summed E-state index contributed by atoms with van der Waals surface area (Å²) in [4.78, 5) is 27.2. The third-order valence-electron chi connectivity index (χ3n) is 3.55. The van der Waals surface area contributed by atoms with Crippen LogP contribution in [0.25, 0.3) is 0 Å². The van der Waals surface area contributed by atoms with Gasteiger partial charge in [-0.2, -0.15) is 0 Å². The zero-order chi connectivity index (χ0) is 15.8. The van der Waals surface area contributed by atoms with Crippen molar-refractivity contribution in [2.75, 3.05) is 46.9 Å². The summed E-state index contributed by atoms with van der Waals surface area (Å²) in [6.45, 7) is 4.46. The smallest absolute Gasteiger partial charge is 0.317 e. The van der Waals surface area contributed by atoms with Crippen molar-refractivity contribution in [1.29, 1.82) is 0 Å². The van der Waals surface area contributed by atoms with Crippen molar-refractivity contribution in [3.8, 4) is 0 Å². The van der Waals surface area contributed by atoms with Gasteiger partial charge in [0, 0.05) is 13.1 Å². The molecule has 2 unspecified atom stereocenters. The average molecular weight is 301 g/mol. The van der Waals surface area contributed by atoms with Crippen molar-refractivity contribution < 1.29 is 19.4 Å². The highest BCUT2D eigenvalue weighted by molar-refractivity contribution is 5.77. The maximum atomic E-state index is 12.3. The number of carbonyl (C=O) groups excluding carboxylic acids is 1. The highest BCUT2D eigenvalue weighted by Crippen LogP contribution is 2.20. The molecule has 2 atom stereocenters. The summed E-state index contributed by atoms with van der Waals surface area (Å²) in [6, 6.07) is -0.575. The Morgan fingerprint density at radius 2 is 2.00 bits per heavy atom. The number of hydrogen-bond acceptors (Lipinski definition) is 4. The van der Waals surface area contributed by atoms with Crippen LogP contribution in [0.2, 0.25) is 0 Å². The molecule has 2 amide bonds. The standard InChI is InChI=1S/C14H27N3O4/c1-4-7-17(12-10-21-9-11(12)13(18)19)14(20)15-6-5-8-16(2)3/h11-12H,4-10H2,1-3H3,(H,15,20)(H,18,19). The van der Waals surface area contributed by atoms with E-state index in [0.29, 0.717) is 19.7 Å². The number of carbonyl (C=O) groups is 2. The van der Waals surface area contributed by atoms with Crippen LogP contribution in [0.15, 0.2) is 0 Å². The molecule has 1 aliphatic rings. The number of amides is 2. The normalized spacial score (nSPS) is 21.5. The van der Waals surface area contributed by atoms with E-state index in [1.54, 1.807) is 4.90 Å². The highest BCUT2D eigenvalue weighted by Gasteiger charge is 2.39. The molecule has 21 heavy (non-hydrogen) atoms. The minimum atomic E-state index is -0.904. The number of urea groups is 1. The molecular formula is C14H27N3O4. The Hall–Kier alpha value is -1.34. The highest BCUT2D eigenvalue weighted by atomic mass is 16.5. The predicted molar refractivity (Wildman–Crippen MR) is 79.3 cm³/mol. The summed E-state index contributed by atoms with van der Waals surface area (Å²) in [5.41, 5.74) is 0. The second kappa shape index (κ2) is 8.84. The number of carboxylic acids is 1. The fourth-order valence-electron chi connectivity index (χ4n) is 2.44. The van der Waals surface area contributed by atoms with Gasteiger partial charge in [0.05, 0.1) is 19.3 Å². The fourth-order valence-corrected chi connectivity index (χ4v) is 2.44. The topological polar surface area (TPSA) is 82.1 Å². The number of carboxylic acid groups (broad SMARTS) is 1. The van der Waals surface area contributed by atoms with Gasteiger partial charge in [0.25, 0.3) is 0 Å². The molecule has 122 valence electrons. The lowest BCUT2D eigenvalue weighted by atomic mass is 10.0. The number of rotatable bonds is 8. The molecule has 1 heterocycles. The number of nitrogens with one attached hydrogen (secondary N) is 1. The lowest BCUT2D eigenvalue weighted by molar-refractivity contribution is -0.142. The predicted octanol–water partition coefficient (Wildman–Crippen LogP) is 0.459. The Morgan fingerprint density at radius 1 is 1.29 bits per heavy atom. The first-order valence-electron chi connectivity index (χ1n) is 7.47. The van der Waals surface area contributed by atoms with E-state index in [1.807, 2.05) is 21.0 Å². The van der Waals surface area contributed by atoms with E-state index >= 15 is 0 Å². The Morgan fingerprint density at radius 3 is 2.57 bits per heavy atom. The van der Waals surface area contributed by atoms with Gasteiger partial charge in [0.15, 0.2) is 0 Å². The summed E-state index contributed by atoms with van der Waals surface area (Å²) in [5.74, 6) is -1.54. The molecule has 0 bridgehead atoms. The quantitative estimate of drug-likeness (QED) is 0.637. The third kappa shape index (κ3) is 5.51. The first-order valence-corrected chi connectivity index (χ1v) is 7.47. The number of hydrogen-bond donors (Lipinski definition) is 2. The molecular weight excluding hydrogens is 274 g/mol. The lowest BCUT2D eigenvalue weighted by Gasteiger charge is -2.30. The van der Waals surface area contributed by atoms with Crippen LogP contribution >= 0.6 is 0 Å². The van der Waals surface area contributed by atoms with Crippen LogP contribution < -0.4 is 5.32 Å². The van der Waals surface area contributed by atoms with Crippen molar-refractivity contribution in [2.45, 2.75) is 25.8 Å². The van der Waals surface area contributed by atoms with E-state index in [9.17, 15) is 14.7 Å². The lowest BCUT2D eigenvalue weighted by Crippen LogP contribution is -2.51. The maximum Gasteiger partial charge on any atom is 0.317 e. The minimum Gasteiger partial charge on any atom is -0.481 e. The Bertz CT molecular complexity index is 349. The molecule has 1 saturated heterocycles. The second-order valence-electron chi connectivity index (χ2n) is 5.63. The molecule has 0 radical (unpaired) electrons. The number of ether oxygens (including phenoxy) is 1. The largest absolute Gasteiger partial charge is 0.481 e. The molecule has 1 rings (SSSR count). The van der Waals surface area contributed by atoms with Gasteiger partial charge in [-0.05, 0) is 33.5 Å². The van der Waals surface area contributed by atoms with Gasteiger partial charge >= 0.3 is 12.0 Å². The molecule has 2 N–H and O–H groups in total. The summed E-state index contributed by atoms with van der Waals surface area (Å²) in [5, 5.41) is 12.1. The molecule has 0 aliphatic carbocycles. The molecule has 1 aliphatic heterocycles. The van der Waals surface area contributed by atoms with Gasteiger partial charge < -0.3 is 25.0 Å². The van der Waals surface area contributed by atoms with Crippen LogP contribution in [-0.4, -0.2) is 79.9 Å². The van der Waals surface area contributed by atoms with Crippen molar-refractivity contribution in [1.82, 2.24) is 15.1 Å². The zero-order valence-corrected chi connectivity index (χ0v) is 13.2. The van der Waals surface area contributed by atoms with Crippen molar-refractivity contribution >= 4 is 12.0 Å². The Balaban J connectivity index is 2.55. The average Bonchev–Trinajstić information content (AvgIpc) is 2.89. The second-order valence-corrected chi connectivity index (χ2v) is 5.63. The fraction of sp³-hybridized carbons (Fsp3) is 0.857. The maximum absolute atomic E-state index is 12.3. The molecule has 7 nitrogen and oxygen atoms in total. The van der Waals surface area contributed by atoms with E-state index in [2.05, 4.69) is 10.2 Å². The molecule has 0 spiro atoms. The van der Waals surface area contributed by atoms with Crippen LogP contribution in [-0.2, 0) is 9.53 Å². The molecule has 0 saturated carbocycles. The minimum absolute atomic E-state index is 0.175. The molecule has 0 aromatic rings. The third-order valence-corrected chi connectivity index (χ3v) is 3.55. The van der Waals surface area contributed by atoms with Crippen molar-refractivity contribution in [2.24, 2.45) is 5.92 Å². The van der Waals surface area contributed by atoms with Crippen LogP contribution in [0.3, 0.4) is 0 Å². The van der Waals surface area contributed by atoms with Crippen LogP contribution in [0, 0.1) is 5.92 Å². The first-order chi connectivity index (χ1) is 9.97. The van der Waals surface area contributed by atoms with Crippen molar-refractivity contribution in [3.63, 3.8) is 0 Å². The zero-order valence-electron chi connectivity index (χ0n) is 13.2. The summed E-state index contributed by atoms with van der Waals surface area (Å²) in [7, 11) is 3.97. The van der Waals surface area contributed by atoms with Gasteiger partial charge in [-0.3, -0.25) is 4.79 Å². The number of aliphatic carboxylic acids is 1. The SMILES string of the molecule is CCCN(C(=O)NCCCN(C)C)C1COCC1C(=O)O. The van der Waals surface area contributed by atoms with Crippen molar-refractivity contribution in [3.05, 3.63) is 0 Å². The van der Waals surface area contributed by atoms with Gasteiger partial charge in [0.1, 0.15) is 5.92 Å². The summed E-state index contributed by atoms with van der Waals surface area (Å²) >= 11 is 0. The summed E-state index contributed by atoms with van der Waals surface area (Å²) in [6.07, 6.45) is 1.65. The summed E-state index contributed by atoms with van der Waals surface area (Å²) < 4.78 is 5.26. The van der Waals surface area contributed by atoms with Gasteiger partial charge in [-0.25, -0.2) is 4.79 Å². The van der Waals surface area contributed by atoms with Gasteiger partial charge in [0.2, 0.25) is 0 Å². The van der Waals surface area contributed by atoms with E-state index < -0.39 is 11.9 Å². The number of nitrogens with zero attached hydrogens (tertiary/aromatic N) is 2. The Kier molecular flexibility index (Phi) is 7.45. The molecule has 0 aromatic carbocycles. The van der Waals surface area contributed by atoms with Gasteiger partial charge in [-0.1, -0.05) is 6.92 Å².